The molecule has 0 fully saturated rings. The fraction of sp³-hybridized carbons (Fsp3) is 0.164. The van der Waals surface area contributed by atoms with E-state index in [1.807, 2.05) is 11.3 Å². The van der Waals surface area contributed by atoms with Crippen LogP contribution in [0.15, 0.2) is 181 Å². The number of hydrogen-bond donors (Lipinski definition) is 0. The molecule has 1 heteroatoms. The van der Waals surface area contributed by atoms with Crippen molar-refractivity contribution < 1.29 is 0 Å². The lowest BCUT2D eigenvalue weighted by Crippen LogP contribution is -2.21. The zero-order valence-electron chi connectivity index (χ0n) is 31.9. The summed E-state index contributed by atoms with van der Waals surface area (Å²) >= 11 is 1.95. The minimum absolute atomic E-state index is 0.0262. The van der Waals surface area contributed by atoms with Gasteiger partial charge in [-0.05, 0) is 114 Å². The molecule has 3 unspecified atom stereocenters. The van der Waals surface area contributed by atoms with Gasteiger partial charge in [0.15, 0.2) is 0 Å². The van der Waals surface area contributed by atoms with Gasteiger partial charge in [-0.1, -0.05) is 165 Å². The molecule has 0 spiro atoms. The van der Waals surface area contributed by atoms with Gasteiger partial charge >= 0.3 is 0 Å². The zero-order chi connectivity index (χ0) is 37.1. The van der Waals surface area contributed by atoms with Crippen LogP contribution >= 0.6 is 11.3 Å². The summed E-state index contributed by atoms with van der Waals surface area (Å²) in [6.45, 7) is 4.89. The lowest BCUT2D eigenvalue weighted by Gasteiger charge is -2.35. The molecule has 12 rings (SSSR count). The summed E-state index contributed by atoms with van der Waals surface area (Å²) in [7, 11) is 0. The second kappa shape index (κ2) is 12.1. The van der Waals surface area contributed by atoms with Crippen molar-refractivity contribution in [3.63, 3.8) is 0 Å². The first kappa shape index (κ1) is 32.5. The Hall–Kier alpha value is -5.76. The van der Waals surface area contributed by atoms with Crippen LogP contribution in [0.5, 0.6) is 0 Å². The molecule has 0 amide bonds. The van der Waals surface area contributed by atoms with Crippen LogP contribution in [-0.2, 0) is 5.41 Å². The molecule has 6 aromatic carbocycles. The first-order valence-electron chi connectivity index (χ1n) is 20.4. The van der Waals surface area contributed by atoms with Crippen molar-refractivity contribution in [2.45, 2.75) is 44.4 Å². The van der Waals surface area contributed by atoms with Gasteiger partial charge in [-0.15, -0.1) is 11.3 Å². The van der Waals surface area contributed by atoms with Crippen LogP contribution in [0.1, 0.15) is 61.3 Å². The molecule has 3 atom stereocenters. The third-order valence-electron chi connectivity index (χ3n) is 13.8. The second-order valence-corrected chi connectivity index (χ2v) is 18.0. The molecular formula is C55H42S. The maximum atomic E-state index is 2.58. The summed E-state index contributed by atoms with van der Waals surface area (Å²) in [5, 5.41) is 10.9. The van der Waals surface area contributed by atoms with Gasteiger partial charge in [0, 0.05) is 43.3 Å². The summed E-state index contributed by atoms with van der Waals surface area (Å²) < 4.78 is 2.78. The van der Waals surface area contributed by atoms with E-state index >= 15 is 0 Å². The lowest BCUT2D eigenvalue weighted by molar-refractivity contribution is 0.615. The number of thiophene rings is 1. The van der Waals surface area contributed by atoms with Crippen LogP contribution in [0.4, 0.5) is 0 Å². The van der Waals surface area contributed by atoms with Gasteiger partial charge in [0.1, 0.15) is 0 Å². The van der Waals surface area contributed by atoms with E-state index in [1.165, 1.54) is 97.0 Å². The normalized spacial score (nSPS) is 22.2. The average molecular weight is 735 g/mol. The van der Waals surface area contributed by atoms with Crippen LogP contribution < -0.4 is 0 Å². The highest BCUT2D eigenvalue weighted by Gasteiger charge is 2.43. The van der Waals surface area contributed by atoms with Gasteiger partial charge in [-0.25, -0.2) is 0 Å². The van der Waals surface area contributed by atoms with Crippen LogP contribution in [0.25, 0.3) is 63.6 Å². The van der Waals surface area contributed by atoms with Crippen molar-refractivity contribution in [3.8, 4) is 0 Å². The summed E-state index contributed by atoms with van der Waals surface area (Å²) in [6.07, 6.45) is 29.4. The van der Waals surface area contributed by atoms with E-state index in [9.17, 15) is 0 Å². The minimum Gasteiger partial charge on any atom is -0.135 e. The Kier molecular flexibility index (Phi) is 7.03. The molecule has 7 aromatic rings. The van der Waals surface area contributed by atoms with Gasteiger partial charge in [0.2, 0.25) is 0 Å². The third kappa shape index (κ3) is 4.58. The molecule has 0 bridgehead atoms. The smallest absolute Gasteiger partial charge is 0.0433 e. The molecular weight excluding hydrogens is 693 g/mol. The fourth-order valence-corrected chi connectivity index (χ4v) is 12.4. The van der Waals surface area contributed by atoms with Crippen molar-refractivity contribution in [2.75, 3.05) is 0 Å². The van der Waals surface area contributed by atoms with Gasteiger partial charge in [0.25, 0.3) is 0 Å². The monoisotopic (exact) mass is 734 g/mol. The maximum absolute atomic E-state index is 2.58. The van der Waals surface area contributed by atoms with Crippen LogP contribution in [-0.4, -0.2) is 0 Å². The quantitative estimate of drug-likeness (QED) is 0.159. The number of allylic oxidation sites excluding steroid dienone is 16. The number of hydrogen-bond acceptors (Lipinski definition) is 1. The molecule has 0 saturated heterocycles. The lowest BCUT2D eigenvalue weighted by atomic mass is 9.69. The Morgan fingerprint density at radius 1 is 0.571 bits per heavy atom. The second-order valence-electron chi connectivity index (χ2n) is 17.0. The molecule has 0 nitrogen and oxygen atoms in total. The first-order chi connectivity index (χ1) is 27.5. The Bertz CT molecular complexity index is 3080. The summed E-state index contributed by atoms with van der Waals surface area (Å²) in [5.41, 5.74) is 13.1. The predicted octanol–water partition coefficient (Wildman–Crippen LogP) is 15.3. The molecule has 0 aliphatic heterocycles. The molecule has 1 aromatic heterocycles. The topological polar surface area (TPSA) is 0 Å². The third-order valence-corrected chi connectivity index (χ3v) is 15.0. The number of benzene rings is 6. The van der Waals surface area contributed by atoms with Crippen molar-refractivity contribution in [1.29, 1.82) is 0 Å². The summed E-state index contributed by atoms with van der Waals surface area (Å²) in [6, 6.07) is 37.2. The van der Waals surface area contributed by atoms with E-state index in [-0.39, 0.29) is 5.41 Å². The largest absolute Gasteiger partial charge is 0.135 e. The van der Waals surface area contributed by atoms with E-state index in [0.29, 0.717) is 17.8 Å². The summed E-state index contributed by atoms with van der Waals surface area (Å²) in [4.78, 5) is 0. The van der Waals surface area contributed by atoms with Crippen molar-refractivity contribution in [1.82, 2.24) is 0 Å². The molecule has 56 heavy (non-hydrogen) atoms. The predicted molar refractivity (Wildman–Crippen MR) is 243 cm³/mol. The number of fused-ring (bicyclic) bond motifs is 11. The molecule has 268 valence electrons. The molecule has 0 radical (unpaired) electrons. The van der Waals surface area contributed by atoms with Gasteiger partial charge < -0.3 is 0 Å². The first-order valence-corrected chi connectivity index (χ1v) is 21.2. The van der Waals surface area contributed by atoms with E-state index in [1.54, 1.807) is 5.57 Å². The highest BCUT2D eigenvalue weighted by Crippen LogP contribution is 2.57. The maximum Gasteiger partial charge on any atom is 0.0433 e. The summed E-state index contributed by atoms with van der Waals surface area (Å²) in [5.74, 6) is 0.984. The van der Waals surface area contributed by atoms with Gasteiger partial charge in [-0.3, -0.25) is 0 Å². The van der Waals surface area contributed by atoms with Crippen LogP contribution in [0, 0.1) is 11.8 Å². The van der Waals surface area contributed by atoms with Crippen LogP contribution in [0.2, 0.25) is 0 Å². The zero-order valence-corrected chi connectivity index (χ0v) is 32.7. The van der Waals surface area contributed by atoms with Gasteiger partial charge in [-0.2, -0.15) is 0 Å². The Balaban J connectivity index is 1.03. The Morgan fingerprint density at radius 2 is 1.25 bits per heavy atom. The molecule has 0 saturated carbocycles. The van der Waals surface area contributed by atoms with Crippen molar-refractivity contribution in [2.24, 2.45) is 11.8 Å². The Morgan fingerprint density at radius 3 is 1.98 bits per heavy atom. The molecule has 5 aliphatic rings. The van der Waals surface area contributed by atoms with Crippen molar-refractivity contribution >= 4 is 75.0 Å². The Labute approximate surface area is 332 Å². The minimum atomic E-state index is -0.0262. The molecule has 5 aliphatic carbocycles. The SMILES string of the molecule is CC1(C)C2=CC=C(c3c4ccccc4c(C4=CC=C(C5=CC=CCC5)C5C=CC=CC45)c4ccccc34)CC2c2cc3c(ccc4c5ccccc5sc34)cc21. The highest BCUT2D eigenvalue weighted by molar-refractivity contribution is 7.26. The van der Waals surface area contributed by atoms with E-state index < -0.39 is 0 Å². The van der Waals surface area contributed by atoms with E-state index in [2.05, 4.69) is 178 Å². The highest BCUT2D eigenvalue weighted by atomic mass is 32.1. The molecule has 0 N–H and O–H groups in total. The number of rotatable bonds is 3. The fourth-order valence-electron chi connectivity index (χ4n) is 11.2. The molecule has 1 heterocycles. The van der Waals surface area contributed by atoms with E-state index in [4.69, 9.17) is 0 Å². The standard InChI is InChI=1S/C55H42S/c1-55(2)49-29-25-35(30-47(49)48-32-46-34(31-50(48)55)24-26-45-39-18-12-13-23-51(39)56-54(45)46)52-40-19-8-10-21-42(40)53(43-22-11-9-20-41(43)52)44-28-27-36(33-14-4-3-5-15-33)37-16-6-7-17-38(37)44/h3-4,6-14,16-29,31-32,37-38,47H,5,15,30H2,1-2H3. The van der Waals surface area contributed by atoms with Gasteiger partial charge in [0.05, 0.1) is 0 Å². The van der Waals surface area contributed by atoms with Crippen molar-refractivity contribution in [3.05, 3.63) is 203 Å². The van der Waals surface area contributed by atoms with E-state index in [0.717, 1.165) is 19.3 Å². The average Bonchev–Trinajstić information content (AvgIpc) is 3.73. The van der Waals surface area contributed by atoms with Crippen LogP contribution in [0.3, 0.4) is 0 Å².